The molecule has 9 heteroatoms. The highest BCUT2D eigenvalue weighted by atomic mass is 19.1. The van der Waals surface area contributed by atoms with Crippen molar-refractivity contribution >= 4 is 21.9 Å². The Kier molecular flexibility index (Phi) is 5.55. The van der Waals surface area contributed by atoms with Crippen LogP contribution in [0.2, 0.25) is 0 Å². The summed E-state index contributed by atoms with van der Waals surface area (Å²) >= 11 is 0. The van der Waals surface area contributed by atoms with Crippen LogP contribution < -0.4 is 10.1 Å². The third-order valence-electron chi connectivity index (χ3n) is 6.98. The first-order valence-corrected chi connectivity index (χ1v) is 12.6. The van der Waals surface area contributed by atoms with E-state index in [0.717, 1.165) is 70.5 Å². The van der Waals surface area contributed by atoms with Gasteiger partial charge in [0.05, 0.1) is 17.6 Å². The standard InChI is InChI=1S/C29H24FN7O/c30-24-4-2-1-3-21(24)27-22-13-26(35-25(22)7-10-33-27)28-23-12-18(15-34-29(23)37-36-28)17-11-20(16-32-14-17)38-19-5-8-31-9-6-19/h1-4,7,10-16,19,31,35H,5-6,8-9H2,(H,34,36,37). The maximum Gasteiger partial charge on any atom is 0.155 e. The molecule has 1 aromatic carbocycles. The molecule has 6 heterocycles. The van der Waals surface area contributed by atoms with Crippen molar-refractivity contribution in [2.45, 2.75) is 18.9 Å². The fraction of sp³-hybridized carbons (Fsp3) is 0.172. The summed E-state index contributed by atoms with van der Waals surface area (Å²) in [7, 11) is 0. The van der Waals surface area contributed by atoms with Gasteiger partial charge in [0.25, 0.3) is 0 Å². The Morgan fingerprint density at radius 1 is 0.868 bits per heavy atom. The zero-order valence-electron chi connectivity index (χ0n) is 20.4. The van der Waals surface area contributed by atoms with E-state index in [1.807, 2.05) is 36.5 Å². The number of benzene rings is 1. The number of H-pyrrole nitrogens is 2. The van der Waals surface area contributed by atoms with Crippen LogP contribution in [-0.2, 0) is 0 Å². The molecule has 0 unspecified atom stereocenters. The molecule has 0 bridgehead atoms. The maximum atomic E-state index is 14.6. The van der Waals surface area contributed by atoms with Crippen LogP contribution in [0.15, 0.2) is 73.3 Å². The summed E-state index contributed by atoms with van der Waals surface area (Å²) < 4.78 is 20.8. The number of aromatic amines is 2. The van der Waals surface area contributed by atoms with Crippen molar-refractivity contribution in [1.29, 1.82) is 0 Å². The van der Waals surface area contributed by atoms with E-state index < -0.39 is 0 Å². The first-order valence-electron chi connectivity index (χ1n) is 12.6. The molecule has 0 aliphatic carbocycles. The van der Waals surface area contributed by atoms with E-state index in [0.29, 0.717) is 16.9 Å². The van der Waals surface area contributed by atoms with Crippen molar-refractivity contribution in [3.05, 3.63) is 79.1 Å². The Hall–Kier alpha value is -4.63. The predicted molar refractivity (Wildman–Crippen MR) is 144 cm³/mol. The lowest BCUT2D eigenvalue weighted by atomic mass is 10.1. The fourth-order valence-electron chi connectivity index (χ4n) is 5.06. The Balaban J connectivity index is 1.26. The van der Waals surface area contributed by atoms with Gasteiger partial charge in [0.2, 0.25) is 0 Å². The number of nitrogens with one attached hydrogen (secondary N) is 3. The normalized spacial score (nSPS) is 14.3. The minimum absolute atomic E-state index is 0.195. The highest BCUT2D eigenvalue weighted by molar-refractivity contribution is 6.00. The minimum Gasteiger partial charge on any atom is -0.489 e. The van der Waals surface area contributed by atoms with Crippen LogP contribution in [0.4, 0.5) is 4.39 Å². The SMILES string of the molecule is Fc1ccccc1-c1nccc2[nH]c(-c3n[nH]c4ncc(-c5cncc(OC6CCNCC6)c5)cc34)cc12. The summed E-state index contributed by atoms with van der Waals surface area (Å²) in [6, 6.07) is 14.6. The minimum atomic E-state index is -0.311. The summed E-state index contributed by atoms with van der Waals surface area (Å²) in [5, 5.41) is 12.6. The number of pyridine rings is 3. The summed E-state index contributed by atoms with van der Waals surface area (Å²) in [5.74, 6) is 0.444. The summed E-state index contributed by atoms with van der Waals surface area (Å²) in [6.45, 7) is 1.93. The van der Waals surface area contributed by atoms with Crippen molar-refractivity contribution in [1.82, 2.24) is 35.5 Å². The third kappa shape index (κ3) is 4.06. The van der Waals surface area contributed by atoms with Gasteiger partial charge in [-0.15, -0.1) is 0 Å². The molecule has 6 aromatic rings. The van der Waals surface area contributed by atoms with Crippen molar-refractivity contribution in [2.75, 3.05) is 13.1 Å². The van der Waals surface area contributed by atoms with E-state index in [4.69, 9.17) is 4.74 Å². The van der Waals surface area contributed by atoms with Crippen LogP contribution in [-0.4, -0.2) is 49.3 Å². The van der Waals surface area contributed by atoms with Crippen LogP contribution in [0.5, 0.6) is 5.75 Å². The molecule has 7 rings (SSSR count). The van der Waals surface area contributed by atoms with Gasteiger partial charge in [-0.05, 0) is 62.3 Å². The second-order valence-electron chi connectivity index (χ2n) is 9.45. The largest absolute Gasteiger partial charge is 0.489 e. The number of ether oxygens (including phenoxy) is 1. The molecule has 8 nitrogen and oxygen atoms in total. The molecule has 0 spiro atoms. The summed E-state index contributed by atoms with van der Waals surface area (Å²) in [5.41, 5.74) is 5.90. The number of hydrogen-bond acceptors (Lipinski definition) is 6. The molecular weight excluding hydrogens is 481 g/mol. The molecule has 1 aliphatic rings. The molecule has 188 valence electrons. The van der Waals surface area contributed by atoms with E-state index in [1.54, 1.807) is 30.7 Å². The summed E-state index contributed by atoms with van der Waals surface area (Å²) in [4.78, 5) is 16.9. The lowest BCUT2D eigenvalue weighted by molar-refractivity contribution is 0.162. The van der Waals surface area contributed by atoms with Gasteiger partial charge in [0.1, 0.15) is 23.4 Å². The average molecular weight is 506 g/mol. The molecule has 0 radical (unpaired) electrons. The van der Waals surface area contributed by atoms with Gasteiger partial charge in [-0.3, -0.25) is 15.1 Å². The van der Waals surface area contributed by atoms with Crippen LogP contribution in [0.3, 0.4) is 0 Å². The number of fused-ring (bicyclic) bond motifs is 2. The zero-order valence-corrected chi connectivity index (χ0v) is 20.4. The van der Waals surface area contributed by atoms with Crippen molar-refractivity contribution in [3.63, 3.8) is 0 Å². The molecule has 1 saturated heterocycles. The number of aromatic nitrogens is 6. The summed E-state index contributed by atoms with van der Waals surface area (Å²) in [6.07, 6.45) is 9.21. The lowest BCUT2D eigenvalue weighted by Gasteiger charge is -2.23. The Bertz CT molecular complexity index is 1770. The average Bonchev–Trinajstić information content (AvgIpc) is 3.58. The lowest BCUT2D eigenvalue weighted by Crippen LogP contribution is -2.34. The van der Waals surface area contributed by atoms with Gasteiger partial charge in [-0.25, -0.2) is 9.37 Å². The van der Waals surface area contributed by atoms with E-state index >= 15 is 0 Å². The molecule has 0 saturated carbocycles. The van der Waals surface area contributed by atoms with Crippen molar-refractivity contribution in [3.8, 4) is 39.5 Å². The molecule has 38 heavy (non-hydrogen) atoms. The van der Waals surface area contributed by atoms with E-state index in [9.17, 15) is 4.39 Å². The number of rotatable bonds is 5. The quantitative estimate of drug-likeness (QED) is 0.286. The van der Waals surface area contributed by atoms with Gasteiger partial charge < -0.3 is 15.0 Å². The first kappa shape index (κ1) is 22.6. The molecule has 1 fully saturated rings. The Morgan fingerprint density at radius 2 is 1.74 bits per heavy atom. The Labute approximate surface area is 217 Å². The van der Waals surface area contributed by atoms with Gasteiger partial charge in [-0.1, -0.05) is 12.1 Å². The smallest absolute Gasteiger partial charge is 0.155 e. The first-order chi connectivity index (χ1) is 18.7. The molecule has 0 atom stereocenters. The third-order valence-corrected chi connectivity index (χ3v) is 6.98. The molecule has 0 amide bonds. The van der Waals surface area contributed by atoms with E-state index in [1.165, 1.54) is 6.07 Å². The number of nitrogens with zero attached hydrogens (tertiary/aromatic N) is 4. The second kappa shape index (κ2) is 9.35. The second-order valence-corrected chi connectivity index (χ2v) is 9.45. The zero-order chi connectivity index (χ0) is 25.5. The van der Waals surface area contributed by atoms with E-state index in [-0.39, 0.29) is 11.9 Å². The molecular formula is C29H24FN7O. The maximum absolute atomic E-state index is 14.6. The Morgan fingerprint density at radius 3 is 2.63 bits per heavy atom. The number of halogens is 1. The number of piperidine rings is 1. The topological polar surface area (TPSA) is 104 Å². The highest BCUT2D eigenvalue weighted by Gasteiger charge is 2.18. The van der Waals surface area contributed by atoms with Crippen molar-refractivity contribution < 1.29 is 9.13 Å². The van der Waals surface area contributed by atoms with Gasteiger partial charge >= 0.3 is 0 Å². The molecule has 5 aromatic heterocycles. The fourth-order valence-corrected chi connectivity index (χ4v) is 5.06. The highest BCUT2D eigenvalue weighted by Crippen LogP contribution is 2.34. The van der Waals surface area contributed by atoms with Gasteiger partial charge in [-0.2, -0.15) is 5.10 Å². The predicted octanol–water partition coefficient (Wildman–Crippen LogP) is 5.50. The molecule has 1 aliphatic heterocycles. The van der Waals surface area contributed by atoms with E-state index in [2.05, 4.69) is 35.5 Å². The van der Waals surface area contributed by atoms with Crippen LogP contribution >= 0.6 is 0 Å². The van der Waals surface area contributed by atoms with Crippen LogP contribution in [0, 0.1) is 5.82 Å². The molecule has 3 N–H and O–H groups in total. The number of hydrogen-bond donors (Lipinski definition) is 3. The monoisotopic (exact) mass is 505 g/mol. The van der Waals surface area contributed by atoms with Crippen LogP contribution in [0.1, 0.15) is 12.8 Å². The van der Waals surface area contributed by atoms with Gasteiger partial charge in [0, 0.05) is 51.6 Å². The van der Waals surface area contributed by atoms with Gasteiger partial charge in [0.15, 0.2) is 5.65 Å². The van der Waals surface area contributed by atoms with Crippen molar-refractivity contribution in [2.24, 2.45) is 0 Å². The van der Waals surface area contributed by atoms with Crippen LogP contribution in [0.25, 0.3) is 55.7 Å².